The molecule has 0 saturated heterocycles. The Kier molecular flexibility index (Phi) is 6.76. The quantitative estimate of drug-likeness (QED) is 0.714. The fourth-order valence-corrected chi connectivity index (χ4v) is 2.48. The van der Waals surface area contributed by atoms with Crippen LogP contribution in [0.3, 0.4) is 0 Å². The molecule has 0 spiro atoms. The third-order valence-corrected chi connectivity index (χ3v) is 4.03. The molecule has 0 bridgehead atoms. The Hall–Kier alpha value is -0.510. The van der Waals surface area contributed by atoms with Crippen LogP contribution in [-0.4, -0.2) is 42.3 Å². The van der Waals surface area contributed by atoms with Crippen LogP contribution in [0.5, 0.6) is 0 Å². The van der Waals surface area contributed by atoms with E-state index in [9.17, 15) is 4.79 Å². The summed E-state index contributed by atoms with van der Waals surface area (Å²) in [6.45, 7) is 2.56. The van der Waals surface area contributed by atoms with E-state index < -0.39 is 0 Å². The minimum absolute atomic E-state index is 0.0825. The Balaban J connectivity index is 2.57. The molecule has 0 fully saturated rings. The summed E-state index contributed by atoms with van der Waals surface area (Å²) in [5, 5.41) is 0.535. The second-order valence-corrected chi connectivity index (χ2v) is 5.84. The number of ketones is 1. The molecule has 18 heavy (non-hydrogen) atoms. The van der Waals surface area contributed by atoms with E-state index in [2.05, 4.69) is 18.1 Å². The largest absolute Gasteiger partial charge is 0.296 e. The fraction of sp³-hybridized carbons (Fsp3) is 0.500. The van der Waals surface area contributed by atoms with Gasteiger partial charge >= 0.3 is 0 Å². The van der Waals surface area contributed by atoms with Crippen molar-refractivity contribution in [1.29, 1.82) is 0 Å². The summed E-state index contributed by atoms with van der Waals surface area (Å²) >= 11 is 7.86. The van der Waals surface area contributed by atoms with Gasteiger partial charge in [0.1, 0.15) is 0 Å². The van der Waals surface area contributed by atoms with Gasteiger partial charge in [0.2, 0.25) is 0 Å². The lowest BCUT2D eigenvalue weighted by atomic mass is 10.1. The number of thioether (sulfide) groups is 1. The second kappa shape index (κ2) is 7.82. The predicted molar refractivity (Wildman–Crippen MR) is 80.9 cm³/mol. The molecule has 0 saturated carbocycles. The summed E-state index contributed by atoms with van der Waals surface area (Å²) in [5.74, 6) is 1.20. The zero-order valence-corrected chi connectivity index (χ0v) is 12.7. The molecule has 2 nitrogen and oxygen atoms in total. The van der Waals surface area contributed by atoms with Gasteiger partial charge in [-0.1, -0.05) is 23.7 Å². The van der Waals surface area contributed by atoms with Crippen LogP contribution in [-0.2, 0) is 0 Å². The highest BCUT2D eigenvalue weighted by Crippen LogP contribution is 2.16. The second-order valence-electron chi connectivity index (χ2n) is 4.45. The fourth-order valence-electron chi connectivity index (χ4n) is 1.66. The van der Waals surface area contributed by atoms with Crippen LogP contribution < -0.4 is 0 Å². The van der Waals surface area contributed by atoms with Crippen molar-refractivity contribution in [2.75, 3.05) is 25.6 Å². The van der Waals surface area contributed by atoms with Crippen LogP contribution >= 0.6 is 23.4 Å². The van der Waals surface area contributed by atoms with E-state index in [1.807, 2.05) is 30.9 Å². The summed E-state index contributed by atoms with van der Waals surface area (Å²) in [4.78, 5) is 14.2. The number of carbonyl (C=O) groups is 1. The van der Waals surface area contributed by atoms with Crippen LogP contribution in [0.2, 0.25) is 5.02 Å². The predicted octanol–water partition coefficient (Wildman–Crippen LogP) is 3.60. The smallest absolute Gasteiger partial charge is 0.178 e. The molecule has 0 amide bonds. The molecule has 1 rings (SSSR count). The summed E-state index contributed by atoms with van der Waals surface area (Å²) in [6, 6.07) is 7.63. The molecular weight excluding hydrogens is 266 g/mol. The summed E-state index contributed by atoms with van der Waals surface area (Å²) < 4.78 is 0. The van der Waals surface area contributed by atoms with Gasteiger partial charge < -0.3 is 0 Å². The average Bonchev–Trinajstić information content (AvgIpc) is 2.36. The molecule has 1 atom stereocenters. The third-order valence-electron chi connectivity index (χ3n) is 3.06. The number of carbonyl (C=O) groups excluding carboxylic acids is 1. The van der Waals surface area contributed by atoms with Crippen LogP contribution in [0.4, 0.5) is 0 Å². The topological polar surface area (TPSA) is 20.3 Å². The highest BCUT2D eigenvalue weighted by Gasteiger charge is 2.15. The molecular formula is C14H20ClNOS. The Morgan fingerprint density at radius 2 is 2.11 bits per heavy atom. The lowest BCUT2D eigenvalue weighted by molar-refractivity contribution is 0.0924. The Bertz CT molecular complexity index is 397. The molecule has 1 unspecified atom stereocenters. The maximum atomic E-state index is 12.1. The minimum atomic E-state index is 0.0825. The van der Waals surface area contributed by atoms with Gasteiger partial charge in [-0.2, -0.15) is 11.8 Å². The van der Waals surface area contributed by atoms with E-state index in [-0.39, 0.29) is 5.78 Å². The number of halogens is 1. The number of hydrogen-bond acceptors (Lipinski definition) is 3. The average molecular weight is 286 g/mol. The Morgan fingerprint density at radius 3 is 2.72 bits per heavy atom. The molecule has 0 aliphatic rings. The van der Waals surface area contributed by atoms with Gasteiger partial charge in [0.05, 0.1) is 11.6 Å². The zero-order chi connectivity index (χ0) is 13.5. The number of Topliss-reactive ketones (excluding diaryl/α,β-unsaturated/α-hetero) is 1. The van der Waals surface area contributed by atoms with E-state index in [1.165, 1.54) is 0 Å². The van der Waals surface area contributed by atoms with Crippen LogP contribution in [0.1, 0.15) is 23.7 Å². The van der Waals surface area contributed by atoms with Crippen molar-refractivity contribution in [3.63, 3.8) is 0 Å². The number of rotatable bonds is 7. The number of nitrogens with zero attached hydrogens (tertiary/aromatic N) is 1. The van der Waals surface area contributed by atoms with Crippen molar-refractivity contribution in [3.8, 4) is 0 Å². The first kappa shape index (κ1) is 15.5. The van der Waals surface area contributed by atoms with E-state index in [4.69, 9.17) is 11.6 Å². The highest BCUT2D eigenvalue weighted by molar-refractivity contribution is 7.98. The zero-order valence-electron chi connectivity index (χ0n) is 11.1. The van der Waals surface area contributed by atoms with Crippen molar-refractivity contribution in [1.82, 2.24) is 4.90 Å². The lowest BCUT2D eigenvalue weighted by Gasteiger charge is -2.23. The molecule has 0 aromatic heterocycles. The summed E-state index contributed by atoms with van der Waals surface area (Å²) in [7, 11) is 1.99. The maximum Gasteiger partial charge on any atom is 0.178 e. The summed E-state index contributed by atoms with van der Waals surface area (Å²) in [6.07, 6.45) is 3.19. The molecule has 1 aromatic carbocycles. The van der Waals surface area contributed by atoms with Gasteiger partial charge in [0.25, 0.3) is 0 Å². The van der Waals surface area contributed by atoms with E-state index in [0.29, 0.717) is 23.2 Å². The first-order valence-electron chi connectivity index (χ1n) is 6.03. The molecule has 0 radical (unpaired) electrons. The monoisotopic (exact) mass is 285 g/mol. The first-order valence-corrected chi connectivity index (χ1v) is 7.80. The van der Waals surface area contributed by atoms with Crippen molar-refractivity contribution in [2.45, 2.75) is 19.4 Å². The maximum absolute atomic E-state index is 12.1. The van der Waals surface area contributed by atoms with E-state index in [0.717, 1.165) is 12.2 Å². The number of likely N-dealkylation sites (N-methyl/N-ethyl adjacent to an activating group) is 1. The van der Waals surface area contributed by atoms with Gasteiger partial charge in [0.15, 0.2) is 5.78 Å². The Morgan fingerprint density at radius 1 is 1.44 bits per heavy atom. The van der Waals surface area contributed by atoms with Gasteiger partial charge in [-0.25, -0.2) is 0 Å². The molecule has 0 N–H and O–H groups in total. The van der Waals surface area contributed by atoms with Crippen molar-refractivity contribution in [2.24, 2.45) is 0 Å². The molecule has 1 aromatic rings. The molecule has 0 aliphatic carbocycles. The van der Waals surface area contributed by atoms with E-state index >= 15 is 0 Å². The first-order chi connectivity index (χ1) is 8.56. The van der Waals surface area contributed by atoms with Crippen LogP contribution in [0, 0.1) is 0 Å². The lowest BCUT2D eigenvalue weighted by Crippen LogP contribution is -2.34. The molecule has 0 aliphatic heterocycles. The van der Waals surface area contributed by atoms with Gasteiger partial charge in [-0.05, 0) is 44.5 Å². The molecule has 4 heteroatoms. The van der Waals surface area contributed by atoms with Crippen molar-refractivity contribution in [3.05, 3.63) is 34.9 Å². The van der Waals surface area contributed by atoms with Gasteiger partial charge in [0, 0.05) is 11.6 Å². The van der Waals surface area contributed by atoms with Crippen molar-refractivity contribution < 1.29 is 4.79 Å². The number of benzene rings is 1. The number of hydrogen-bond donors (Lipinski definition) is 0. The Labute approximate surface area is 119 Å². The molecule has 100 valence electrons. The van der Waals surface area contributed by atoms with E-state index in [1.54, 1.807) is 12.1 Å². The van der Waals surface area contributed by atoms with Crippen molar-refractivity contribution >= 4 is 29.1 Å². The normalized spacial score (nSPS) is 12.7. The minimum Gasteiger partial charge on any atom is -0.296 e. The SMILES string of the molecule is CSCCC(C)N(C)CC(=O)c1ccccc1Cl. The van der Waals surface area contributed by atoms with Crippen LogP contribution in [0.15, 0.2) is 24.3 Å². The standard InChI is InChI=1S/C14H20ClNOS/c1-11(8-9-18-3)16(2)10-14(17)12-6-4-5-7-13(12)15/h4-7,11H,8-10H2,1-3H3. The van der Waals surface area contributed by atoms with Gasteiger partial charge in [-0.3, -0.25) is 9.69 Å². The summed E-state index contributed by atoms with van der Waals surface area (Å²) in [5.41, 5.74) is 0.614. The third kappa shape index (κ3) is 4.63. The van der Waals surface area contributed by atoms with Crippen LogP contribution in [0.25, 0.3) is 0 Å². The van der Waals surface area contributed by atoms with Gasteiger partial charge in [-0.15, -0.1) is 0 Å². The highest BCUT2D eigenvalue weighted by atomic mass is 35.5. The molecule has 0 heterocycles.